The van der Waals surface area contributed by atoms with Gasteiger partial charge in [-0.15, -0.1) is 0 Å². The Balaban J connectivity index is 0. The van der Waals surface area contributed by atoms with E-state index in [1.165, 1.54) is 0 Å². The summed E-state index contributed by atoms with van der Waals surface area (Å²) in [6, 6.07) is 0. The quantitative estimate of drug-likeness (QED) is 0.514. The SMILES string of the molecule is [Co].[Fe].[Ta].[Zr]. The first-order chi connectivity index (χ1) is 0. The van der Waals surface area contributed by atoms with Crippen LogP contribution in [-0.4, -0.2) is 0 Å². The molecule has 0 amide bonds. The van der Waals surface area contributed by atoms with Crippen molar-refractivity contribution in [3.05, 3.63) is 0 Å². The van der Waals surface area contributed by atoms with Crippen molar-refractivity contribution in [2.24, 2.45) is 0 Å². The first-order valence-corrected chi connectivity index (χ1v) is 0. The van der Waals surface area contributed by atoms with Gasteiger partial charge in [-0.05, 0) is 0 Å². The van der Waals surface area contributed by atoms with Crippen LogP contribution in [0.15, 0.2) is 0 Å². The Hall–Kier alpha value is 2.65. The van der Waals surface area contributed by atoms with Gasteiger partial charge in [-0.3, -0.25) is 0 Å². The van der Waals surface area contributed by atoms with Crippen LogP contribution in [0.4, 0.5) is 0 Å². The predicted molar refractivity (Wildman–Crippen MR) is 0 cm³/mol. The number of rotatable bonds is 0. The van der Waals surface area contributed by atoms with Crippen molar-refractivity contribution >= 4 is 0 Å². The first kappa shape index (κ1) is 30.2. The molecular weight excluding hydrogens is 387 g/mol. The Bertz CT molecular complexity index is 8.00. The molecule has 0 nitrogen and oxygen atoms in total. The van der Waals surface area contributed by atoms with Gasteiger partial charge in [-0.2, -0.15) is 0 Å². The average Bonchev–Trinajstić information content (AvgIpc) is 0. The maximum Gasteiger partial charge on any atom is 0 e. The van der Waals surface area contributed by atoms with Crippen LogP contribution in [0.1, 0.15) is 0 Å². The van der Waals surface area contributed by atoms with Gasteiger partial charge in [0.25, 0.3) is 0 Å². The van der Waals surface area contributed by atoms with Gasteiger partial charge in [0.05, 0.1) is 0 Å². The Morgan fingerprint density at radius 1 is 1.00 bits per heavy atom. The van der Waals surface area contributed by atoms with E-state index < -0.39 is 0 Å². The molecule has 0 aromatic heterocycles. The van der Waals surface area contributed by atoms with Crippen LogP contribution < -0.4 is 0 Å². The zero-order valence-corrected chi connectivity index (χ0v) is 9.45. The molecule has 0 aromatic rings. The van der Waals surface area contributed by atoms with Crippen molar-refractivity contribution in [3.63, 3.8) is 0 Å². The third-order valence-electron chi connectivity index (χ3n) is 0. The first-order valence-electron chi connectivity index (χ1n) is 0. The van der Waals surface area contributed by atoms with Gasteiger partial charge in [0.15, 0.2) is 0 Å². The van der Waals surface area contributed by atoms with Crippen LogP contribution >= 0.6 is 0 Å². The second kappa shape index (κ2) is 17.4. The van der Waals surface area contributed by atoms with Gasteiger partial charge in [0.1, 0.15) is 0 Å². The Kier molecular flexibility index (Phi) is 132. The normalized spacial score (nSPS) is 0. The van der Waals surface area contributed by atoms with Crippen molar-refractivity contribution in [2.75, 3.05) is 0 Å². The molecule has 0 unspecified atom stereocenters. The molecule has 0 saturated carbocycles. The minimum Gasteiger partial charge on any atom is 0 e. The Morgan fingerprint density at radius 3 is 1.00 bits per heavy atom. The van der Waals surface area contributed by atoms with Crippen LogP contribution in [-0.2, 0) is 82.4 Å². The van der Waals surface area contributed by atoms with Gasteiger partial charge in [0.2, 0.25) is 0 Å². The van der Waals surface area contributed by atoms with Gasteiger partial charge in [-0.25, -0.2) is 0 Å². The molecule has 0 atom stereocenters. The maximum atomic E-state index is 0. The van der Waals surface area contributed by atoms with E-state index in [0.717, 1.165) is 0 Å². The monoisotopic (exact) mass is 386 g/mol. The summed E-state index contributed by atoms with van der Waals surface area (Å²) in [4.78, 5) is 0. The molecule has 0 bridgehead atoms. The van der Waals surface area contributed by atoms with Crippen LogP contribution in [0, 0.1) is 0 Å². The third kappa shape index (κ3) is 8.82. The summed E-state index contributed by atoms with van der Waals surface area (Å²) >= 11 is 0. The Labute approximate surface area is 81.2 Å². The van der Waals surface area contributed by atoms with Crippen LogP contribution in [0.5, 0.6) is 0 Å². The molecular formula is CoFeTaZr. The van der Waals surface area contributed by atoms with E-state index in [1.54, 1.807) is 0 Å². The smallest absolute Gasteiger partial charge is 0 e. The topological polar surface area (TPSA) is 0 Å². The van der Waals surface area contributed by atoms with Gasteiger partial charge in [0, 0.05) is 82.4 Å². The summed E-state index contributed by atoms with van der Waals surface area (Å²) in [6.07, 6.45) is 0. The molecule has 0 aromatic carbocycles. The fraction of sp³-hybridized carbons (Fsp3) is 0. The van der Waals surface area contributed by atoms with Crippen molar-refractivity contribution in [2.45, 2.75) is 0 Å². The van der Waals surface area contributed by atoms with Crippen molar-refractivity contribution in [1.82, 2.24) is 0 Å². The zero-order chi connectivity index (χ0) is 0. The zero-order valence-electron chi connectivity index (χ0n) is 1.63. The number of hydrogen-bond acceptors (Lipinski definition) is 0. The van der Waals surface area contributed by atoms with Gasteiger partial charge >= 0.3 is 0 Å². The van der Waals surface area contributed by atoms with E-state index in [-0.39, 0.29) is 82.4 Å². The summed E-state index contributed by atoms with van der Waals surface area (Å²) in [6.45, 7) is 0. The average molecular weight is 387 g/mol. The summed E-state index contributed by atoms with van der Waals surface area (Å²) in [5, 5.41) is 0. The van der Waals surface area contributed by atoms with E-state index in [9.17, 15) is 0 Å². The van der Waals surface area contributed by atoms with E-state index in [0.29, 0.717) is 0 Å². The van der Waals surface area contributed by atoms with E-state index >= 15 is 0 Å². The molecule has 0 N–H and O–H groups in total. The maximum absolute atomic E-state index is 0. The summed E-state index contributed by atoms with van der Waals surface area (Å²) in [5.74, 6) is 0. The largest absolute Gasteiger partial charge is 0 e. The fourth-order valence-electron chi connectivity index (χ4n) is 0. The molecule has 4 heteroatoms. The van der Waals surface area contributed by atoms with E-state index in [1.807, 2.05) is 0 Å². The second-order valence-electron chi connectivity index (χ2n) is 0. The van der Waals surface area contributed by atoms with E-state index in [4.69, 9.17) is 0 Å². The molecule has 0 fully saturated rings. The second-order valence-corrected chi connectivity index (χ2v) is 0. The van der Waals surface area contributed by atoms with Crippen molar-refractivity contribution < 1.29 is 82.4 Å². The molecule has 0 saturated heterocycles. The minimum atomic E-state index is 0. The molecule has 26 valence electrons. The molecule has 0 rings (SSSR count). The number of hydrogen-bond donors (Lipinski definition) is 0. The van der Waals surface area contributed by atoms with Crippen molar-refractivity contribution in [3.8, 4) is 0 Å². The summed E-state index contributed by atoms with van der Waals surface area (Å²) in [7, 11) is 0. The van der Waals surface area contributed by atoms with Crippen LogP contribution in [0.2, 0.25) is 0 Å². The molecule has 0 aliphatic rings. The minimum absolute atomic E-state index is 0. The summed E-state index contributed by atoms with van der Waals surface area (Å²) in [5.41, 5.74) is 0. The molecule has 4 heavy (non-hydrogen) atoms. The molecule has 0 aliphatic heterocycles. The van der Waals surface area contributed by atoms with Crippen molar-refractivity contribution in [1.29, 1.82) is 0 Å². The molecule has 0 aliphatic carbocycles. The van der Waals surface area contributed by atoms with E-state index in [2.05, 4.69) is 0 Å². The van der Waals surface area contributed by atoms with Gasteiger partial charge < -0.3 is 0 Å². The molecule has 0 heterocycles. The standard InChI is InChI=1S/Co.Fe.Ta.Zr. The van der Waals surface area contributed by atoms with Crippen LogP contribution in [0.3, 0.4) is 0 Å². The molecule has 2 radical (unpaired) electrons. The summed E-state index contributed by atoms with van der Waals surface area (Å²) < 4.78 is 0. The Morgan fingerprint density at radius 2 is 1.00 bits per heavy atom. The molecule has 0 spiro atoms. The van der Waals surface area contributed by atoms with Crippen LogP contribution in [0.25, 0.3) is 0 Å². The van der Waals surface area contributed by atoms with Gasteiger partial charge in [-0.1, -0.05) is 0 Å². The fourth-order valence-corrected chi connectivity index (χ4v) is 0. The predicted octanol–water partition coefficient (Wildman–Crippen LogP) is -0.0100. The third-order valence-corrected chi connectivity index (χ3v) is 0.